The minimum Gasteiger partial charge on any atom is -0.215 e. The maximum Gasteiger partial charge on any atom is 0.501 e. The molecule has 0 aromatic heterocycles. The molecule has 104 valence electrons. The van der Waals surface area contributed by atoms with Gasteiger partial charge in [-0.2, -0.15) is 39.5 Å². The molecule has 0 aliphatic carbocycles. The van der Waals surface area contributed by atoms with Gasteiger partial charge in [0.1, 0.15) is 0 Å². The highest BCUT2D eigenvalue weighted by atomic mass is 32.2. The zero-order valence-corrected chi connectivity index (χ0v) is 7.82. The lowest BCUT2D eigenvalue weighted by molar-refractivity contribution is -0.308. The van der Waals surface area contributed by atoms with Crippen LogP contribution in [0.4, 0.5) is 43.9 Å². The smallest absolute Gasteiger partial charge is 0.215 e. The van der Waals surface area contributed by atoms with Crippen molar-refractivity contribution in [1.82, 2.24) is 0 Å². The fourth-order valence-electron chi connectivity index (χ4n) is 0.625. The molecular weight excluding hydrogens is 302 g/mol. The van der Waals surface area contributed by atoms with E-state index in [4.69, 9.17) is 0 Å². The van der Waals surface area contributed by atoms with Crippen molar-refractivity contribution < 1.29 is 52.3 Å². The van der Waals surface area contributed by atoms with Gasteiger partial charge < -0.3 is 0 Å². The highest BCUT2D eigenvalue weighted by Crippen LogP contribution is 2.53. The third-order valence-electron chi connectivity index (χ3n) is 1.40. The Bertz CT molecular complexity index is 368. The number of alkyl halides is 10. The lowest BCUT2D eigenvalue weighted by atomic mass is 10.3. The van der Waals surface area contributed by atoms with Crippen molar-refractivity contribution in [3.05, 3.63) is 0 Å². The van der Waals surface area contributed by atoms with Crippen LogP contribution in [0, 0.1) is 0 Å². The summed E-state index contributed by atoms with van der Waals surface area (Å²) in [5.74, 6) is 0. The largest absolute Gasteiger partial charge is 0.501 e. The van der Waals surface area contributed by atoms with Crippen LogP contribution < -0.4 is 0 Å². The Kier molecular flexibility index (Phi) is 3.46. The van der Waals surface area contributed by atoms with E-state index in [1.807, 2.05) is 0 Å². The maximum atomic E-state index is 12.5. The molecule has 0 radical (unpaired) electrons. The van der Waals surface area contributed by atoms with Crippen LogP contribution in [-0.2, 0) is 9.84 Å². The van der Waals surface area contributed by atoms with Crippen LogP contribution in [0.5, 0.6) is 0 Å². The third kappa shape index (κ3) is 2.15. The molecule has 0 aromatic rings. The summed E-state index contributed by atoms with van der Waals surface area (Å²) in [6, 6.07) is 0. The van der Waals surface area contributed by atoms with E-state index in [-0.39, 0.29) is 0 Å². The summed E-state index contributed by atoms with van der Waals surface area (Å²) in [6.07, 6.45) is -14.6. The van der Waals surface area contributed by atoms with Crippen LogP contribution in [0.25, 0.3) is 0 Å². The summed E-state index contributed by atoms with van der Waals surface area (Å²) >= 11 is 0. The van der Waals surface area contributed by atoms with Gasteiger partial charge in [-0.05, 0) is 0 Å². The first-order valence-corrected chi connectivity index (χ1v) is 4.61. The fraction of sp³-hybridized carbons (Fsp3) is 1.00. The van der Waals surface area contributed by atoms with Gasteiger partial charge in [-0.25, -0.2) is 12.8 Å². The standard InChI is InChI=1S/C4F10O2S/c5-1(2(6,7)8,3(9,10)11)17(15,16)4(12,13)14. The van der Waals surface area contributed by atoms with Gasteiger partial charge >= 0.3 is 32.7 Å². The topological polar surface area (TPSA) is 34.1 Å². The first kappa shape index (κ1) is 16.2. The second kappa shape index (κ2) is 3.62. The van der Waals surface area contributed by atoms with E-state index in [9.17, 15) is 52.3 Å². The average Bonchev–Trinajstić information content (AvgIpc) is 1.95. The zero-order chi connectivity index (χ0) is 14.5. The second-order valence-electron chi connectivity index (χ2n) is 2.54. The molecule has 0 atom stereocenters. The van der Waals surface area contributed by atoms with Gasteiger partial charge in [-0.15, -0.1) is 0 Å². The summed E-state index contributed by atoms with van der Waals surface area (Å²) in [6.45, 7) is 0. The molecule has 0 saturated carbocycles. The summed E-state index contributed by atoms with van der Waals surface area (Å²) in [7, 11) is -8.17. The SMILES string of the molecule is O=S(=O)(C(F)(F)F)C(F)(C(F)(F)F)C(F)(F)F. The van der Waals surface area contributed by atoms with E-state index in [1.165, 1.54) is 0 Å². The van der Waals surface area contributed by atoms with Crippen LogP contribution in [0.1, 0.15) is 0 Å². The Morgan fingerprint density at radius 1 is 0.588 bits per heavy atom. The molecule has 0 unspecified atom stereocenters. The Hall–Kier alpha value is -0.750. The zero-order valence-electron chi connectivity index (χ0n) is 7.00. The molecule has 0 aliphatic rings. The summed E-state index contributed by atoms with van der Waals surface area (Å²) in [5, 5.41) is -7.40. The number of halogens is 10. The van der Waals surface area contributed by atoms with Crippen LogP contribution in [0.15, 0.2) is 0 Å². The molecule has 0 N–H and O–H groups in total. The van der Waals surface area contributed by atoms with Crippen LogP contribution in [0.2, 0.25) is 0 Å². The van der Waals surface area contributed by atoms with Crippen LogP contribution in [0.3, 0.4) is 0 Å². The first-order valence-electron chi connectivity index (χ1n) is 3.13. The molecule has 13 heteroatoms. The quantitative estimate of drug-likeness (QED) is 0.698. The summed E-state index contributed by atoms with van der Waals surface area (Å²) < 4.78 is 137. The fourth-order valence-corrected chi connectivity index (χ4v) is 1.55. The van der Waals surface area contributed by atoms with Crippen molar-refractivity contribution in [3.8, 4) is 0 Å². The van der Waals surface area contributed by atoms with E-state index < -0.39 is 32.7 Å². The van der Waals surface area contributed by atoms with E-state index in [2.05, 4.69) is 0 Å². The highest BCUT2D eigenvalue weighted by Gasteiger charge is 2.85. The van der Waals surface area contributed by atoms with Crippen molar-refractivity contribution >= 4 is 9.84 Å². The molecular formula is C4F10O2S. The Balaban J connectivity index is 6.26. The van der Waals surface area contributed by atoms with E-state index in [0.29, 0.717) is 0 Å². The van der Waals surface area contributed by atoms with E-state index in [1.54, 1.807) is 0 Å². The third-order valence-corrected chi connectivity index (χ3v) is 3.22. The molecule has 0 heterocycles. The van der Waals surface area contributed by atoms with Gasteiger partial charge in [-0.3, -0.25) is 0 Å². The molecule has 2 nitrogen and oxygen atoms in total. The Morgan fingerprint density at radius 3 is 0.882 bits per heavy atom. The van der Waals surface area contributed by atoms with Gasteiger partial charge in [0, 0.05) is 0 Å². The lowest BCUT2D eigenvalue weighted by Crippen LogP contribution is -2.62. The Morgan fingerprint density at radius 2 is 0.824 bits per heavy atom. The summed E-state index contributed by atoms with van der Waals surface area (Å²) in [5.41, 5.74) is -7.05. The minimum atomic E-state index is -8.17. The van der Waals surface area contributed by atoms with Crippen molar-refractivity contribution in [2.75, 3.05) is 0 Å². The minimum absolute atomic E-state index is 7.05. The molecule has 0 saturated heterocycles. The number of hydrogen-bond acceptors (Lipinski definition) is 2. The van der Waals surface area contributed by atoms with E-state index in [0.717, 1.165) is 0 Å². The molecule has 0 fully saturated rings. The van der Waals surface area contributed by atoms with Crippen LogP contribution >= 0.6 is 0 Å². The Labute approximate surface area is 86.1 Å². The van der Waals surface area contributed by atoms with Gasteiger partial charge in [0.15, 0.2) is 0 Å². The van der Waals surface area contributed by atoms with Crippen molar-refractivity contribution in [2.24, 2.45) is 0 Å². The first-order chi connectivity index (χ1) is 7.00. The van der Waals surface area contributed by atoms with Gasteiger partial charge in [-0.1, -0.05) is 0 Å². The number of hydrogen-bond donors (Lipinski definition) is 0. The molecule has 0 amide bonds. The van der Waals surface area contributed by atoms with Gasteiger partial charge in [0.2, 0.25) is 0 Å². The van der Waals surface area contributed by atoms with Crippen LogP contribution in [-0.4, -0.2) is 31.3 Å². The van der Waals surface area contributed by atoms with Gasteiger partial charge in [0.05, 0.1) is 0 Å². The molecule has 0 spiro atoms. The molecule has 17 heavy (non-hydrogen) atoms. The summed E-state index contributed by atoms with van der Waals surface area (Å²) in [4.78, 5) is 0. The molecule has 0 aromatic carbocycles. The predicted octanol–water partition coefficient (Wildman–Crippen LogP) is 2.71. The second-order valence-corrected chi connectivity index (χ2v) is 4.57. The average molecular weight is 302 g/mol. The van der Waals surface area contributed by atoms with Crippen molar-refractivity contribution in [2.45, 2.75) is 22.9 Å². The lowest BCUT2D eigenvalue weighted by Gasteiger charge is -2.29. The van der Waals surface area contributed by atoms with Crippen molar-refractivity contribution in [3.63, 3.8) is 0 Å². The normalized spacial score (nSPS) is 16.1. The van der Waals surface area contributed by atoms with E-state index >= 15 is 0 Å². The molecule has 0 rings (SSSR count). The maximum absolute atomic E-state index is 12.5. The molecule has 0 bridgehead atoms. The monoisotopic (exact) mass is 302 g/mol. The highest BCUT2D eigenvalue weighted by molar-refractivity contribution is 7.93. The van der Waals surface area contributed by atoms with Gasteiger partial charge in [0.25, 0.3) is 0 Å². The number of sulfone groups is 1. The number of rotatable bonds is 1. The predicted molar refractivity (Wildman–Crippen MR) is 30.9 cm³/mol. The van der Waals surface area contributed by atoms with Crippen molar-refractivity contribution in [1.29, 1.82) is 0 Å². The molecule has 0 aliphatic heterocycles.